The van der Waals surface area contributed by atoms with E-state index in [1.54, 1.807) is 0 Å². The number of halogens is 3. The predicted molar refractivity (Wildman–Crippen MR) is 71.6 cm³/mol. The topological polar surface area (TPSA) is 29.1 Å². The van der Waals surface area contributed by atoms with Gasteiger partial charge in [0.05, 0.1) is 26.9 Å². The van der Waals surface area contributed by atoms with Gasteiger partial charge < -0.3 is 5.32 Å². The van der Waals surface area contributed by atoms with Crippen molar-refractivity contribution in [3.63, 3.8) is 0 Å². The van der Waals surface area contributed by atoms with Crippen molar-refractivity contribution < 1.29 is 17.4 Å². The van der Waals surface area contributed by atoms with Gasteiger partial charge in [0.25, 0.3) is 0 Å². The number of nitrogens with one attached hydrogen (secondary N) is 1. The Bertz CT molecular complexity index is 607. The highest BCUT2D eigenvalue weighted by Crippen LogP contribution is 2.40. The van der Waals surface area contributed by atoms with Crippen molar-refractivity contribution in [2.45, 2.75) is 43.2 Å². The normalized spacial score (nSPS) is 22.6. The lowest BCUT2D eigenvalue weighted by Crippen LogP contribution is -2.16. The molecule has 1 aliphatic carbocycles. The van der Waals surface area contributed by atoms with Crippen LogP contribution in [0.4, 0.5) is 18.9 Å². The van der Waals surface area contributed by atoms with E-state index in [-0.39, 0.29) is 0 Å². The van der Waals surface area contributed by atoms with Crippen LogP contribution in [0.1, 0.15) is 37.7 Å². The molecule has 0 spiro atoms. The molecule has 108 valence electrons. The molecule has 1 heterocycles. The fraction of sp³-hybridized carbons (Fsp3) is 0.429. The lowest BCUT2D eigenvalue weighted by molar-refractivity contribution is -0.137. The molecule has 1 atom stereocenters. The number of hydrogen-bond acceptors (Lipinski definition) is 2. The molecule has 0 amide bonds. The molecule has 0 radical (unpaired) electrons. The first-order valence-corrected chi connectivity index (χ1v) is 7.74. The van der Waals surface area contributed by atoms with Crippen LogP contribution >= 0.6 is 0 Å². The van der Waals surface area contributed by atoms with Gasteiger partial charge in [0.15, 0.2) is 0 Å². The smallest absolute Gasteiger partial charge is 0.357 e. The van der Waals surface area contributed by atoms with Crippen molar-refractivity contribution in [2.75, 3.05) is 5.32 Å². The summed E-state index contributed by atoms with van der Waals surface area (Å²) in [4.78, 5) is 1.31. The maximum absolute atomic E-state index is 12.7. The van der Waals surface area contributed by atoms with Gasteiger partial charge in [0.1, 0.15) is 0 Å². The van der Waals surface area contributed by atoms with E-state index in [1.165, 1.54) is 6.07 Å². The van der Waals surface area contributed by atoms with Crippen molar-refractivity contribution in [1.29, 1.82) is 0 Å². The van der Waals surface area contributed by atoms with Gasteiger partial charge in [0.2, 0.25) is 0 Å². The van der Waals surface area contributed by atoms with Crippen LogP contribution in [-0.4, -0.2) is 4.21 Å². The van der Waals surface area contributed by atoms with Gasteiger partial charge in [-0.05, 0) is 43.9 Å². The van der Waals surface area contributed by atoms with Crippen LogP contribution in [0, 0.1) is 0 Å². The van der Waals surface area contributed by atoms with Crippen LogP contribution in [0.5, 0.6) is 0 Å². The van der Waals surface area contributed by atoms with Crippen LogP contribution in [-0.2, 0) is 17.0 Å². The van der Waals surface area contributed by atoms with E-state index >= 15 is 0 Å². The number of rotatable bonds is 0. The SMILES string of the molecule is O=S1C2=C(CCCCC2)Nc2cc(C(F)(F)F)ccc21. The van der Waals surface area contributed by atoms with Gasteiger partial charge in [-0.25, -0.2) is 4.21 Å². The molecule has 1 N–H and O–H groups in total. The number of fused-ring (bicyclic) bond motifs is 1. The summed E-state index contributed by atoms with van der Waals surface area (Å²) in [5, 5.41) is 3.07. The molecule has 0 bridgehead atoms. The summed E-state index contributed by atoms with van der Waals surface area (Å²) in [7, 11) is -1.33. The Morgan fingerprint density at radius 1 is 1.10 bits per heavy atom. The summed E-state index contributed by atoms with van der Waals surface area (Å²) in [5.41, 5.74) is 0.477. The Balaban J connectivity index is 2.03. The third kappa shape index (κ3) is 2.37. The van der Waals surface area contributed by atoms with E-state index in [4.69, 9.17) is 0 Å². The highest BCUT2D eigenvalue weighted by atomic mass is 32.2. The number of benzene rings is 1. The highest BCUT2D eigenvalue weighted by Gasteiger charge is 2.33. The zero-order chi connectivity index (χ0) is 14.3. The van der Waals surface area contributed by atoms with Gasteiger partial charge in [0, 0.05) is 10.6 Å². The fourth-order valence-corrected chi connectivity index (χ4v) is 4.13. The van der Waals surface area contributed by atoms with Crippen LogP contribution in [0.2, 0.25) is 0 Å². The number of hydrogen-bond donors (Lipinski definition) is 1. The maximum atomic E-state index is 12.7. The molecular formula is C14H14F3NOS. The zero-order valence-corrected chi connectivity index (χ0v) is 11.5. The molecule has 1 aromatic carbocycles. The Kier molecular flexibility index (Phi) is 3.36. The molecule has 0 aromatic heterocycles. The first kappa shape index (κ1) is 13.7. The zero-order valence-electron chi connectivity index (χ0n) is 10.7. The second-order valence-electron chi connectivity index (χ2n) is 5.06. The van der Waals surface area contributed by atoms with E-state index in [0.29, 0.717) is 10.6 Å². The lowest BCUT2D eigenvalue weighted by atomic mass is 10.1. The van der Waals surface area contributed by atoms with E-state index in [1.807, 2.05) is 0 Å². The van der Waals surface area contributed by atoms with Crippen molar-refractivity contribution in [1.82, 2.24) is 0 Å². The second kappa shape index (κ2) is 4.91. The molecule has 2 aliphatic rings. The molecule has 1 unspecified atom stereocenters. The van der Waals surface area contributed by atoms with Gasteiger partial charge in [-0.15, -0.1) is 0 Å². The van der Waals surface area contributed by atoms with E-state index in [0.717, 1.165) is 54.8 Å². The van der Waals surface area contributed by atoms with Crippen LogP contribution in [0.15, 0.2) is 33.7 Å². The van der Waals surface area contributed by atoms with Gasteiger partial charge in [-0.3, -0.25) is 0 Å². The van der Waals surface area contributed by atoms with Crippen molar-refractivity contribution >= 4 is 16.5 Å². The summed E-state index contributed by atoms with van der Waals surface area (Å²) in [6.45, 7) is 0. The van der Waals surface area contributed by atoms with Gasteiger partial charge in [-0.1, -0.05) is 6.42 Å². The molecular weight excluding hydrogens is 287 g/mol. The average molecular weight is 301 g/mol. The minimum atomic E-state index is -4.38. The number of allylic oxidation sites excluding steroid dienone is 2. The Morgan fingerprint density at radius 3 is 2.60 bits per heavy atom. The third-order valence-corrected chi connectivity index (χ3v) is 5.34. The molecule has 3 rings (SSSR count). The monoisotopic (exact) mass is 301 g/mol. The fourth-order valence-electron chi connectivity index (χ4n) is 2.65. The van der Waals surface area contributed by atoms with Gasteiger partial charge in [-0.2, -0.15) is 13.2 Å². The number of alkyl halides is 3. The molecule has 1 aromatic rings. The molecule has 1 aliphatic heterocycles. The van der Waals surface area contributed by atoms with Crippen LogP contribution < -0.4 is 5.32 Å². The second-order valence-corrected chi connectivity index (χ2v) is 6.53. The molecule has 20 heavy (non-hydrogen) atoms. The lowest BCUT2D eigenvalue weighted by Gasteiger charge is -2.24. The maximum Gasteiger partial charge on any atom is 0.416 e. The Morgan fingerprint density at radius 2 is 1.85 bits per heavy atom. The number of anilines is 1. The molecule has 0 fully saturated rings. The molecule has 2 nitrogen and oxygen atoms in total. The first-order chi connectivity index (χ1) is 9.47. The third-order valence-electron chi connectivity index (χ3n) is 3.68. The molecule has 0 saturated carbocycles. The van der Waals surface area contributed by atoms with E-state index in [9.17, 15) is 17.4 Å². The largest absolute Gasteiger partial charge is 0.416 e. The van der Waals surface area contributed by atoms with Crippen molar-refractivity contribution in [2.24, 2.45) is 0 Å². The molecule has 0 saturated heterocycles. The standard InChI is InChI=1S/C14H14F3NOS/c15-14(16,17)9-6-7-13-11(8-9)18-10-4-2-1-3-5-12(10)20(13)19/h6-8,18H,1-5H2. The molecule has 6 heteroatoms. The van der Waals surface area contributed by atoms with Crippen molar-refractivity contribution in [3.05, 3.63) is 34.4 Å². The Labute approximate surface area is 117 Å². The van der Waals surface area contributed by atoms with Crippen molar-refractivity contribution in [3.8, 4) is 0 Å². The highest BCUT2D eigenvalue weighted by molar-refractivity contribution is 7.89. The minimum absolute atomic E-state index is 0.332. The summed E-state index contributed by atoms with van der Waals surface area (Å²) in [6.07, 6.45) is 0.179. The predicted octanol–water partition coefficient (Wildman–Crippen LogP) is 4.41. The van der Waals surface area contributed by atoms with E-state index < -0.39 is 22.5 Å². The minimum Gasteiger partial charge on any atom is -0.357 e. The first-order valence-electron chi connectivity index (χ1n) is 6.59. The summed E-state index contributed by atoms with van der Waals surface area (Å²) >= 11 is 0. The van der Waals surface area contributed by atoms with Crippen LogP contribution in [0.3, 0.4) is 0 Å². The van der Waals surface area contributed by atoms with Gasteiger partial charge >= 0.3 is 6.18 Å². The summed E-state index contributed by atoms with van der Waals surface area (Å²) in [5.74, 6) is 0. The Hall–Kier alpha value is -1.30. The van der Waals surface area contributed by atoms with Crippen LogP contribution in [0.25, 0.3) is 0 Å². The summed E-state index contributed by atoms with van der Waals surface area (Å²) < 4.78 is 50.7. The summed E-state index contributed by atoms with van der Waals surface area (Å²) in [6, 6.07) is 3.39. The quantitative estimate of drug-likeness (QED) is 0.769. The average Bonchev–Trinajstić information content (AvgIpc) is 2.63. The van der Waals surface area contributed by atoms with E-state index in [2.05, 4.69) is 5.32 Å².